The Bertz CT molecular complexity index is 1220. The Labute approximate surface area is 214 Å². The van der Waals surface area contributed by atoms with Gasteiger partial charge in [0.15, 0.2) is 0 Å². The van der Waals surface area contributed by atoms with Gasteiger partial charge < -0.3 is 14.5 Å². The van der Waals surface area contributed by atoms with Crippen molar-refractivity contribution < 1.29 is 8.78 Å². The van der Waals surface area contributed by atoms with Crippen LogP contribution in [0.3, 0.4) is 0 Å². The molecule has 1 spiro atoms. The van der Waals surface area contributed by atoms with Crippen LogP contribution in [-0.2, 0) is 0 Å². The van der Waals surface area contributed by atoms with Crippen LogP contribution in [0.4, 0.5) is 26.0 Å². The van der Waals surface area contributed by atoms with Crippen LogP contribution in [0.2, 0.25) is 0 Å². The minimum Gasteiger partial charge on any atom is -0.370 e. The van der Waals surface area contributed by atoms with Crippen LogP contribution in [0.5, 0.6) is 0 Å². The summed E-state index contributed by atoms with van der Waals surface area (Å²) in [6, 6.07) is 12.0. The van der Waals surface area contributed by atoms with Crippen molar-refractivity contribution >= 4 is 29.1 Å². The van der Waals surface area contributed by atoms with E-state index in [9.17, 15) is 8.78 Å². The second-order valence-electron chi connectivity index (χ2n) is 10.3. The van der Waals surface area contributed by atoms with E-state index in [0.29, 0.717) is 35.7 Å². The Kier molecular flexibility index (Phi) is 6.02. The number of hydrogen-bond donors (Lipinski definition) is 1. The molecule has 190 valence electrons. The maximum atomic E-state index is 13.6. The van der Waals surface area contributed by atoms with Crippen LogP contribution >= 0.6 is 11.9 Å². The summed E-state index contributed by atoms with van der Waals surface area (Å²) in [5.41, 5.74) is 5.15. The van der Waals surface area contributed by atoms with Gasteiger partial charge in [-0.25, -0.2) is 18.4 Å². The summed E-state index contributed by atoms with van der Waals surface area (Å²) >= 11 is 1.58. The molecule has 2 aliphatic heterocycles. The predicted molar refractivity (Wildman–Crippen MR) is 141 cm³/mol. The van der Waals surface area contributed by atoms with Gasteiger partial charge in [-0.05, 0) is 61.4 Å². The molecular formula is C26H31F2N7S. The first-order chi connectivity index (χ1) is 17.4. The molecule has 3 aromatic rings. The monoisotopic (exact) mass is 511 g/mol. The van der Waals surface area contributed by atoms with Gasteiger partial charge in [0, 0.05) is 51.0 Å². The molecule has 0 bridgehead atoms. The molecule has 3 aliphatic rings. The molecule has 1 N–H and O–H groups in total. The summed E-state index contributed by atoms with van der Waals surface area (Å²) in [5, 5.41) is 8.88. The summed E-state index contributed by atoms with van der Waals surface area (Å²) in [6.45, 7) is 2.70. The summed E-state index contributed by atoms with van der Waals surface area (Å²) < 4.78 is 32.4. The molecule has 1 aliphatic carbocycles. The average Bonchev–Trinajstić information content (AvgIpc) is 3.45. The van der Waals surface area contributed by atoms with Gasteiger partial charge in [-0.2, -0.15) is 0 Å². The van der Waals surface area contributed by atoms with E-state index in [0.717, 1.165) is 30.2 Å². The Morgan fingerprint density at radius 2 is 1.61 bits per heavy atom. The normalized spacial score (nSPS) is 20.5. The topological polar surface area (TPSA) is 62.1 Å². The molecule has 3 fully saturated rings. The van der Waals surface area contributed by atoms with E-state index in [-0.39, 0.29) is 12.8 Å². The van der Waals surface area contributed by atoms with Crippen molar-refractivity contribution in [2.75, 3.05) is 47.0 Å². The highest BCUT2D eigenvalue weighted by atomic mass is 32.2. The van der Waals surface area contributed by atoms with Crippen molar-refractivity contribution in [2.45, 2.75) is 44.4 Å². The average molecular weight is 512 g/mol. The minimum atomic E-state index is -2.58. The Balaban J connectivity index is 1.26. The van der Waals surface area contributed by atoms with Crippen LogP contribution in [0, 0.1) is 5.41 Å². The molecule has 0 atom stereocenters. The number of aromatic nitrogens is 4. The number of hydrogen-bond acceptors (Lipinski definition) is 7. The summed E-state index contributed by atoms with van der Waals surface area (Å²) in [7, 11) is 0. The molecule has 36 heavy (non-hydrogen) atoms. The van der Waals surface area contributed by atoms with Crippen molar-refractivity contribution in [1.82, 2.24) is 20.0 Å². The van der Waals surface area contributed by atoms with Crippen LogP contribution in [-0.4, -0.2) is 58.3 Å². The van der Waals surface area contributed by atoms with Gasteiger partial charge in [0.1, 0.15) is 11.5 Å². The molecular weight excluding hydrogens is 480 g/mol. The van der Waals surface area contributed by atoms with E-state index < -0.39 is 5.92 Å². The summed E-state index contributed by atoms with van der Waals surface area (Å²) in [5.74, 6) is -1.88. The van der Waals surface area contributed by atoms with Crippen molar-refractivity contribution in [3.63, 3.8) is 0 Å². The lowest BCUT2D eigenvalue weighted by atomic mass is 9.93. The van der Waals surface area contributed by atoms with Crippen molar-refractivity contribution in [3.05, 3.63) is 42.6 Å². The number of pyridine rings is 1. The zero-order valence-corrected chi connectivity index (χ0v) is 21.3. The molecule has 2 saturated heterocycles. The van der Waals surface area contributed by atoms with E-state index >= 15 is 0 Å². The van der Waals surface area contributed by atoms with Gasteiger partial charge in [0.2, 0.25) is 0 Å². The molecule has 6 rings (SSSR count). The largest absolute Gasteiger partial charge is 0.370 e. The van der Waals surface area contributed by atoms with Crippen LogP contribution in [0.1, 0.15) is 38.5 Å². The Hall–Kier alpha value is -2.88. The summed E-state index contributed by atoms with van der Waals surface area (Å²) in [4.78, 5) is 9.13. The van der Waals surface area contributed by atoms with E-state index in [1.54, 1.807) is 11.9 Å². The number of anilines is 3. The molecule has 1 aromatic carbocycles. The highest BCUT2D eigenvalue weighted by molar-refractivity contribution is 7.99. The predicted octanol–water partition coefficient (Wildman–Crippen LogP) is 5.64. The Morgan fingerprint density at radius 3 is 2.33 bits per heavy atom. The van der Waals surface area contributed by atoms with Crippen LogP contribution in [0.15, 0.2) is 42.6 Å². The number of benzene rings is 1. The van der Waals surface area contributed by atoms with E-state index in [1.807, 2.05) is 40.2 Å². The van der Waals surface area contributed by atoms with Crippen LogP contribution in [0.25, 0.3) is 17.1 Å². The lowest BCUT2D eigenvalue weighted by Gasteiger charge is -2.35. The molecule has 2 aromatic heterocycles. The third kappa shape index (κ3) is 4.75. The maximum Gasteiger partial charge on any atom is 0.251 e. The zero-order valence-electron chi connectivity index (χ0n) is 20.5. The van der Waals surface area contributed by atoms with Crippen molar-refractivity contribution in [2.24, 2.45) is 5.41 Å². The van der Waals surface area contributed by atoms with Gasteiger partial charge in [-0.15, -0.1) is 5.10 Å². The van der Waals surface area contributed by atoms with Gasteiger partial charge in [0.05, 0.1) is 23.3 Å². The minimum absolute atomic E-state index is 0.142. The molecule has 0 unspecified atom stereocenters. The maximum absolute atomic E-state index is 13.6. The molecule has 7 nitrogen and oxygen atoms in total. The van der Waals surface area contributed by atoms with Crippen molar-refractivity contribution in [3.8, 4) is 17.1 Å². The fraction of sp³-hybridized carbons (Fsp3) is 0.500. The first kappa shape index (κ1) is 23.5. The molecule has 10 heteroatoms. The molecule has 0 amide bonds. The zero-order chi connectivity index (χ0) is 24.8. The third-order valence-electron chi connectivity index (χ3n) is 7.87. The fourth-order valence-electron chi connectivity index (χ4n) is 5.35. The number of nitrogens with zero attached hydrogens (tertiary/aromatic N) is 6. The smallest absolute Gasteiger partial charge is 0.251 e. The summed E-state index contributed by atoms with van der Waals surface area (Å²) in [6.07, 6.45) is 8.88. The lowest BCUT2D eigenvalue weighted by molar-refractivity contribution is -0.0221. The second kappa shape index (κ2) is 9.21. The fourth-order valence-corrected chi connectivity index (χ4v) is 5.72. The van der Waals surface area contributed by atoms with E-state index in [2.05, 4.69) is 38.1 Å². The standard InChI is InChI=1S/C26H31F2N7S/c1-36-31-19-5-6-22(23(17-19)33-13-9-25(7-8-25)10-14-33)35-18-21(30-32-35)20-3-2-4-24(29-20)34-15-11-26(27,28)12-16-34/h2-6,17-18,31H,7-16H2,1H3. The van der Waals surface area contributed by atoms with Gasteiger partial charge >= 0.3 is 0 Å². The molecule has 4 heterocycles. The SMILES string of the molecule is CSNc1ccc(-n2cc(-c3cccc(N4CCC(F)(F)CC4)n3)nn2)c(N2CCC3(CC2)CC3)c1. The quantitative estimate of drug-likeness (QED) is 0.430. The number of rotatable bonds is 6. The van der Waals surface area contributed by atoms with E-state index in [1.165, 1.54) is 25.7 Å². The first-order valence-corrected chi connectivity index (χ1v) is 13.9. The second-order valence-corrected chi connectivity index (χ2v) is 10.9. The van der Waals surface area contributed by atoms with Gasteiger partial charge in [-0.3, -0.25) is 0 Å². The molecule has 1 saturated carbocycles. The number of alkyl halides is 2. The highest BCUT2D eigenvalue weighted by Crippen LogP contribution is 2.54. The Morgan fingerprint density at radius 1 is 0.861 bits per heavy atom. The van der Waals surface area contributed by atoms with E-state index in [4.69, 9.17) is 4.98 Å². The third-order valence-corrected chi connectivity index (χ3v) is 8.31. The molecule has 0 radical (unpaired) electrons. The van der Waals surface area contributed by atoms with Crippen molar-refractivity contribution in [1.29, 1.82) is 0 Å². The number of nitrogens with one attached hydrogen (secondary N) is 1. The number of piperidine rings is 2. The van der Waals surface area contributed by atoms with Gasteiger partial charge in [-0.1, -0.05) is 23.2 Å². The van der Waals surface area contributed by atoms with Crippen LogP contribution < -0.4 is 14.5 Å². The van der Waals surface area contributed by atoms with Gasteiger partial charge in [0.25, 0.3) is 5.92 Å². The first-order valence-electron chi connectivity index (χ1n) is 12.6. The number of halogens is 2. The highest BCUT2D eigenvalue weighted by Gasteiger charge is 2.44. The lowest BCUT2D eigenvalue weighted by Crippen LogP contribution is -2.39.